The van der Waals surface area contributed by atoms with Crippen molar-refractivity contribution in [3.63, 3.8) is 0 Å². The second kappa shape index (κ2) is 6.68. The zero-order valence-electron chi connectivity index (χ0n) is 13.8. The summed E-state index contributed by atoms with van der Waals surface area (Å²) in [5, 5.41) is 11.0. The molecule has 2 aromatic heterocycles. The van der Waals surface area contributed by atoms with Crippen LogP contribution in [0.3, 0.4) is 0 Å². The average molecular weight is 365 g/mol. The minimum atomic E-state index is -0.827. The summed E-state index contributed by atoms with van der Waals surface area (Å²) in [5.41, 5.74) is 1.16. The van der Waals surface area contributed by atoms with Crippen LogP contribution in [0.1, 0.15) is 17.4 Å². The summed E-state index contributed by atoms with van der Waals surface area (Å²) in [6.07, 6.45) is 1.53. The molecule has 3 heterocycles. The largest absolute Gasteiger partial charge is 0.481 e. The van der Waals surface area contributed by atoms with Gasteiger partial charge in [0.05, 0.1) is 11.7 Å². The molecule has 1 aliphatic heterocycles. The number of carboxylic acids is 1. The highest BCUT2D eigenvalue weighted by Gasteiger charge is 2.36. The predicted octanol–water partition coefficient (Wildman–Crippen LogP) is 2.58. The number of thiophene rings is 1. The molecule has 0 spiro atoms. The molecule has 128 valence electrons. The fraction of sp³-hybridized carbons (Fsp3) is 0.500. The number of hydrogen-bond donors (Lipinski definition) is 1. The van der Waals surface area contributed by atoms with Crippen LogP contribution in [-0.4, -0.2) is 50.7 Å². The Bertz CT molecular complexity index is 805. The van der Waals surface area contributed by atoms with E-state index in [0.717, 1.165) is 20.8 Å². The van der Waals surface area contributed by atoms with E-state index < -0.39 is 11.9 Å². The van der Waals surface area contributed by atoms with Crippen LogP contribution in [0.2, 0.25) is 0 Å². The van der Waals surface area contributed by atoms with Crippen LogP contribution in [-0.2, 0) is 9.59 Å². The van der Waals surface area contributed by atoms with Gasteiger partial charge in [-0.1, -0.05) is 18.7 Å². The summed E-state index contributed by atoms with van der Waals surface area (Å²) in [4.78, 5) is 36.0. The van der Waals surface area contributed by atoms with Crippen LogP contribution in [0.15, 0.2) is 11.4 Å². The molecule has 0 bridgehead atoms. The molecule has 3 rings (SSSR count). The molecule has 2 atom stereocenters. The Morgan fingerprint density at radius 1 is 1.38 bits per heavy atom. The number of amides is 1. The Kier molecular flexibility index (Phi) is 4.78. The third-order valence-corrected chi connectivity index (χ3v) is 6.63. The Hall–Kier alpha value is -1.67. The van der Waals surface area contributed by atoms with Crippen molar-refractivity contribution < 1.29 is 14.7 Å². The first-order chi connectivity index (χ1) is 11.4. The molecule has 0 aromatic carbocycles. The number of thioether (sulfide) groups is 1. The van der Waals surface area contributed by atoms with E-state index in [4.69, 9.17) is 0 Å². The molecule has 0 unspecified atom stereocenters. The number of fused-ring (bicyclic) bond motifs is 1. The van der Waals surface area contributed by atoms with Crippen molar-refractivity contribution in [2.45, 2.75) is 25.8 Å². The highest BCUT2D eigenvalue weighted by molar-refractivity contribution is 8.00. The number of hydrogen-bond acceptors (Lipinski definition) is 6. The molecule has 0 saturated carbocycles. The third-order valence-electron chi connectivity index (χ3n) is 4.55. The second-order valence-corrected chi connectivity index (χ2v) is 8.32. The normalized spacial score (nSPS) is 20.7. The summed E-state index contributed by atoms with van der Waals surface area (Å²) in [5.74, 6) is -1.07. The molecule has 1 aliphatic rings. The van der Waals surface area contributed by atoms with Crippen LogP contribution < -0.4 is 0 Å². The zero-order chi connectivity index (χ0) is 17.4. The van der Waals surface area contributed by atoms with Gasteiger partial charge in [0.25, 0.3) is 0 Å². The Morgan fingerprint density at radius 3 is 2.79 bits per heavy atom. The van der Waals surface area contributed by atoms with Crippen molar-refractivity contribution in [1.29, 1.82) is 0 Å². The Morgan fingerprint density at radius 2 is 2.12 bits per heavy atom. The number of nitrogens with zero attached hydrogens (tertiary/aromatic N) is 3. The number of carboxylic acid groups (broad SMARTS) is 1. The second-order valence-electron chi connectivity index (χ2n) is 6.15. The van der Waals surface area contributed by atoms with Gasteiger partial charge in [0.15, 0.2) is 0 Å². The lowest BCUT2D eigenvalue weighted by molar-refractivity contribution is -0.142. The molecule has 8 heteroatoms. The first kappa shape index (κ1) is 17.2. The molecule has 1 amide bonds. The highest BCUT2D eigenvalue weighted by atomic mass is 32.2. The van der Waals surface area contributed by atoms with E-state index in [1.165, 1.54) is 23.0 Å². The van der Waals surface area contributed by atoms with Crippen LogP contribution in [0, 0.1) is 25.7 Å². The number of aliphatic carboxylic acids is 1. The number of carbonyl (C=O) groups is 2. The molecule has 2 aromatic rings. The maximum Gasteiger partial charge on any atom is 0.308 e. The predicted molar refractivity (Wildman–Crippen MR) is 94.5 cm³/mol. The SMILES string of the molecule is Cc1sc2ncnc(SCC(=O)N3C[C@@H](C)[C@H](C(=O)O)C3)c2c1C. The van der Waals surface area contributed by atoms with Gasteiger partial charge < -0.3 is 10.0 Å². The van der Waals surface area contributed by atoms with E-state index in [2.05, 4.69) is 16.9 Å². The van der Waals surface area contributed by atoms with Gasteiger partial charge >= 0.3 is 5.97 Å². The fourth-order valence-corrected chi connectivity index (χ4v) is 4.99. The maximum atomic E-state index is 12.4. The van der Waals surface area contributed by atoms with Crippen molar-refractivity contribution in [1.82, 2.24) is 14.9 Å². The van der Waals surface area contributed by atoms with Gasteiger partial charge in [-0.25, -0.2) is 9.97 Å². The number of carbonyl (C=O) groups excluding carboxylic acids is 1. The molecule has 1 N–H and O–H groups in total. The van der Waals surface area contributed by atoms with Crippen molar-refractivity contribution in [2.24, 2.45) is 11.8 Å². The van der Waals surface area contributed by atoms with Gasteiger partial charge in [0.2, 0.25) is 5.91 Å². The summed E-state index contributed by atoms with van der Waals surface area (Å²) in [7, 11) is 0. The van der Waals surface area contributed by atoms with Gasteiger partial charge in [0.1, 0.15) is 16.2 Å². The number of aryl methyl sites for hydroxylation is 2. The summed E-state index contributed by atoms with van der Waals surface area (Å²) in [6, 6.07) is 0. The number of likely N-dealkylation sites (tertiary alicyclic amines) is 1. The van der Waals surface area contributed by atoms with Crippen LogP contribution >= 0.6 is 23.1 Å². The highest BCUT2D eigenvalue weighted by Crippen LogP contribution is 2.34. The van der Waals surface area contributed by atoms with Crippen molar-refractivity contribution in [3.05, 3.63) is 16.8 Å². The molecule has 0 radical (unpaired) electrons. The van der Waals surface area contributed by atoms with Crippen LogP contribution in [0.5, 0.6) is 0 Å². The lowest BCUT2D eigenvalue weighted by Gasteiger charge is -2.15. The lowest BCUT2D eigenvalue weighted by atomic mass is 9.99. The minimum Gasteiger partial charge on any atom is -0.481 e. The smallest absolute Gasteiger partial charge is 0.308 e. The standard InChI is InChI=1S/C16H19N3O3S2/c1-8-4-19(5-11(8)16(21)22)12(20)6-23-14-13-9(2)10(3)24-15(13)18-7-17-14/h7-8,11H,4-6H2,1-3H3,(H,21,22)/t8-,11-/m1/s1. The molecular formula is C16H19N3O3S2. The number of aromatic nitrogens is 2. The number of rotatable bonds is 4. The molecule has 0 aliphatic carbocycles. The van der Waals surface area contributed by atoms with E-state index >= 15 is 0 Å². The third kappa shape index (κ3) is 3.12. The molecule has 1 fully saturated rings. The van der Waals surface area contributed by atoms with Gasteiger partial charge in [-0.15, -0.1) is 11.3 Å². The van der Waals surface area contributed by atoms with Crippen molar-refractivity contribution >= 4 is 45.2 Å². The van der Waals surface area contributed by atoms with Gasteiger partial charge in [-0.3, -0.25) is 9.59 Å². The van der Waals surface area contributed by atoms with Crippen LogP contribution in [0.4, 0.5) is 0 Å². The van der Waals surface area contributed by atoms with Crippen molar-refractivity contribution in [2.75, 3.05) is 18.8 Å². The quantitative estimate of drug-likeness (QED) is 0.662. The monoisotopic (exact) mass is 365 g/mol. The van der Waals surface area contributed by atoms with E-state index in [-0.39, 0.29) is 17.6 Å². The average Bonchev–Trinajstić information content (AvgIpc) is 3.06. The summed E-state index contributed by atoms with van der Waals surface area (Å²) in [6.45, 7) is 6.78. The van der Waals surface area contributed by atoms with Gasteiger partial charge in [-0.05, 0) is 25.3 Å². The minimum absolute atomic E-state index is 0.0102. The summed E-state index contributed by atoms with van der Waals surface area (Å²) >= 11 is 3.03. The Labute approximate surface area is 148 Å². The molecule has 24 heavy (non-hydrogen) atoms. The van der Waals surface area contributed by atoms with Gasteiger partial charge in [-0.2, -0.15) is 0 Å². The van der Waals surface area contributed by atoms with E-state index in [9.17, 15) is 14.7 Å². The molecule has 6 nitrogen and oxygen atoms in total. The summed E-state index contributed by atoms with van der Waals surface area (Å²) < 4.78 is 0. The van der Waals surface area contributed by atoms with Crippen LogP contribution in [0.25, 0.3) is 10.2 Å². The topological polar surface area (TPSA) is 83.4 Å². The zero-order valence-corrected chi connectivity index (χ0v) is 15.4. The van der Waals surface area contributed by atoms with E-state index in [1.54, 1.807) is 16.2 Å². The van der Waals surface area contributed by atoms with Crippen molar-refractivity contribution in [3.8, 4) is 0 Å². The lowest BCUT2D eigenvalue weighted by Crippen LogP contribution is -2.31. The fourth-order valence-electron chi connectivity index (χ4n) is 2.97. The Balaban J connectivity index is 1.70. The molecule has 1 saturated heterocycles. The first-order valence-corrected chi connectivity index (χ1v) is 9.52. The van der Waals surface area contributed by atoms with E-state index in [1.807, 2.05) is 13.8 Å². The van der Waals surface area contributed by atoms with E-state index in [0.29, 0.717) is 13.1 Å². The van der Waals surface area contributed by atoms with Gasteiger partial charge in [0, 0.05) is 23.4 Å². The maximum absolute atomic E-state index is 12.4. The molecular weight excluding hydrogens is 346 g/mol. The first-order valence-electron chi connectivity index (χ1n) is 7.72.